The molecule has 2 atom stereocenters. The minimum absolute atomic E-state index is 0.199. The Morgan fingerprint density at radius 2 is 2.14 bits per heavy atom. The normalized spacial score (nSPS) is 22.9. The van der Waals surface area contributed by atoms with E-state index in [0.29, 0.717) is 11.3 Å². The highest BCUT2D eigenvalue weighted by Gasteiger charge is 2.67. The first kappa shape index (κ1) is 14.4. The molecule has 1 aliphatic heterocycles. The van der Waals surface area contributed by atoms with Gasteiger partial charge in [-0.05, 0) is 23.8 Å². The standard InChI is InChI=1S/C17H15NO4/c1-3-21-16(19)17(10-18)15(22-17)14-12-7-5-4-6-11(12)8-9-13(14)20-2/h4-9,15H,3H2,1-2H3. The lowest BCUT2D eigenvalue weighted by molar-refractivity contribution is -0.147. The second-order valence-electron chi connectivity index (χ2n) is 4.97. The SMILES string of the molecule is CCOC(=O)C1(C#N)OC1c1c(OC)ccc2ccccc12. The minimum atomic E-state index is -1.58. The van der Waals surface area contributed by atoms with Crippen LogP contribution in [0.25, 0.3) is 10.8 Å². The summed E-state index contributed by atoms with van der Waals surface area (Å²) in [6.07, 6.45) is -0.683. The minimum Gasteiger partial charge on any atom is -0.496 e. The van der Waals surface area contributed by atoms with Gasteiger partial charge in [0.1, 0.15) is 17.9 Å². The second-order valence-corrected chi connectivity index (χ2v) is 4.97. The van der Waals surface area contributed by atoms with Gasteiger partial charge in [-0.25, -0.2) is 4.79 Å². The molecule has 0 N–H and O–H groups in total. The van der Waals surface area contributed by atoms with Crippen LogP contribution in [0.15, 0.2) is 36.4 Å². The number of fused-ring (bicyclic) bond motifs is 1. The van der Waals surface area contributed by atoms with Crippen LogP contribution in [-0.4, -0.2) is 25.3 Å². The number of rotatable bonds is 4. The molecule has 3 rings (SSSR count). The van der Waals surface area contributed by atoms with Crippen molar-refractivity contribution >= 4 is 16.7 Å². The quantitative estimate of drug-likeness (QED) is 0.641. The maximum Gasteiger partial charge on any atom is 0.356 e. The lowest BCUT2D eigenvalue weighted by Gasteiger charge is -2.11. The van der Waals surface area contributed by atoms with Crippen molar-refractivity contribution in [1.29, 1.82) is 5.26 Å². The lowest BCUT2D eigenvalue weighted by atomic mass is 9.94. The number of benzene rings is 2. The molecule has 0 spiro atoms. The van der Waals surface area contributed by atoms with Gasteiger partial charge in [0.25, 0.3) is 5.60 Å². The predicted octanol–water partition coefficient (Wildman–Crippen LogP) is 2.75. The van der Waals surface area contributed by atoms with Gasteiger partial charge in [0.15, 0.2) is 0 Å². The number of ether oxygens (including phenoxy) is 3. The molecule has 0 saturated carbocycles. The number of hydrogen-bond acceptors (Lipinski definition) is 5. The summed E-state index contributed by atoms with van der Waals surface area (Å²) in [5.41, 5.74) is -0.872. The van der Waals surface area contributed by atoms with Crippen LogP contribution in [0.1, 0.15) is 18.6 Å². The Kier molecular flexibility index (Phi) is 3.47. The van der Waals surface area contributed by atoms with E-state index in [1.807, 2.05) is 42.5 Å². The van der Waals surface area contributed by atoms with Crippen LogP contribution in [0, 0.1) is 11.3 Å². The van der Waals surface area contributed by atoms with E-state index in [9.17, 15) is 10.1 Å². The van der Waals surface area contributed by atoms with E-state index in [2.05, 4.69) is 0 Å². The molecule has 5 nitrogen and oxygen atoms in total. The van der Waals surface area contributed by atoms with Crippen LogP contribution in [0.2, 0.25) is 0 Å². The Balaban J connectivity index is 2.12. The Morgan fingerprint density at radius 3 is 2.82 bits per heavy atom. The molecule has 5 heteroatoms. The number of hydrogen-bond donors (Lipinski definition) is 0. The summed E-state index contributed by atoms with van der Waals surface area (Å²) < 4.78 is 15.9. The van der Waals surface area contributed by atoms with Crippen LogP contribution in [-0.2, 0) is 14.3 Å². The van der Waals surface area contributed by atoms with E-state index >= 15 is 0 Å². The zero-order valence-corrected chi connectivity index (χ0v) is 12.3. The molecular weight excluding hydrogens is 282 g/mol. The molecular formula is C17H15NO4. The van der Waals surface area contributed by atoms with Gasteiger partial charge in [-0.3, -0.25) is 0 Å². The van der Waals surface area contributed by atoms with Crippen molar-refractivity contribution in [3.05, 3.63) is 42.0 Å². The first-order valence-electron chi connectivity index (χ1n) is 7.00. The van der Waals surface area contributed by atoms with Gasteiger partial charge in [-0.2, -0.15) is 5.26 Å². The molecule has 22 heavy (non-hydrogen) atoms. The first-order chi connectivity index (χ1) is 10.7. The van der Waals surface area contributed by atoms with Gasteiger partial charge >= 0.3 is 5.97 Å². The second kappa shape index (κ2) is 5.32. The van der Waals surface area contributed by atoms with E-state index in [0.717, 1.165) is 10.8 Å². The highest BCUT2D eigenvalue weighted by molar-refractivity contribution is 5.93. The summed E-state index contributed by atoms with van der Waals surface area (Å²) in [5.74, 6) is -0.0670. The molecule has 0 bridgehead atoms. The Morgan fingerprint density at radius 1 is 1.36 bits per heavy atom. The van der Waals surface area contributed by atoms with Crippen molar-refractivity contribution in [2.45, 2.75) is 18.6 Å². The van der Waals surface area contributed by atoms with Gasteiger partial charge in [0.2, 0.25) is 0 Å². The third-order valence-electron chi connectivity index (χ3n) is 3.77. The Bertz CT molecular complexity index is 780. The summed E-state index contributed by atoms with van der Waals surface area (Å²) >= 11 is 0. The lowest BCUT2D eigenvalue weighted by Crippen LogP contribution is -2.26. The molecule has 1 aliphatic rings. The monoisotopic (exact) mass is 297 g/mol. The largest absolute Gasteiger partial charge is 0.496 e. The molecule has 2 aromatic rings. The highest BCUT2D eigenvalue weighted by Crippen LogP contribution is 2.54. The average Bonchev–Trinajstić information content (AvgIpc) is 3.29. The van der Waals surface area contributed by atoms with E-state index in [1.165, 1.54) is 0 Å². The molecule has 112 valence electrons. The fourth-order valence-corrected chi connectivity index (χ4v) is 2.66. The number of epoxide rings is 1. The summed E-state index contributed by atoms with van der Waals surface area (Å²) in [6.45, 7) is 1.89. The van der Waals surface area contributed by atoms with Crippen LogP contribution in [0.4, 0.5) is 0 Å². The zero-order chi connectivity index (χ0) is 15.7. The van der Waals surface area contributed by atoms with Crippen LogP contribution in [0.3, 0.4) is 0 Å². The number of methoxy groups -OCH3 is 1. The average molecular weight is 297 g/mol. The maximum absolute atomic E-state index is 12.1. The van der Waals surface area contributed by atoms with Crippen molar-refractivity contribution < 1.29 is 19.0 Å². The number of nitriles is 1. The summed E-state index contributed by atoms with van der Waals surface area (Å²) in [4.78, 5) is 12.1. The molecule has 1 fully saturated rings. The van der Waals surface area contributed by atoms with Crippen LogP contribution >= 0.6 is 0 Å². The number of esters is 1. The highest BCUT2D eigenvalue weighted by atomic mass is 16.7. The molecule has 1 saturated heterocycles. The van der Waals surface area contributed by atoms with Crippen molar-refractivity contribution in [3.8, 4) is 11.8 Å². The van der Waals surface area contributed by atoms with E-state index in [-0.39, 0.29) is 6.61 Å². The fourth-order valence-electron chi connectivity index (χ4n) is 2.66. The molecule has 0 aromatic heterocycles. The predicted molar refractivity (Wildman–Crippen MR) is 79.3 cm³/mol. The molecule has 0 amide bonds. The van der Waals surface area contributed by atoms with E-state index in [1.54, 1.807) is 14.0 Å². The molecule has 2 unspecified atom stereocenters. The zero-order valence-electron chi connectivity index (χ0n) is 12.3. The molecule has 0 aliphatic carbocycles. The van der Waals surface area contributed by atoms with Gasteiger partial charge in [-0.1, -0.05) is 30.3 Å². The Labute approximate surface area is 128 Å². The topological polar surface area (TPSA) is 71.9 Å². The van der Waals surface area contributed by atoms with Crippen molar-refractivity contribution in [2.75, 3.05) is 13.7 Å². The van der Waals surface area contributed by atoms with Gasteiger partial charge in [0.05, 0.1) is 13.7 Å². The molecule has 1 heterocycles. The first-order valence-corrected chi connectivity index (χ1v) is 7.00. The van der Waals surface area contributed by atoms with Crippen molar-refractivity contribution in [2.24, 2.45) is 0 Å². The van der Waals surface area contributed by atoms with Gasteiger partial charge < -0.3 is 14.2 Å². The van der Waals surface area contributed by atoms with Crippen molar-refractivity contribution in [1.82, 2.24) is 0 Å². The third kappa shape index (κ3) is 2.00. The van der Waals surface area contributed by atoms with E-state index in [4.69, 9.17) is 14.2 Å². The summed E-state index contributed by atoms with van der Waals surface area (Å²) in [6, 6.07) is 13.4. The van der Waals surface area contributed by atoms with Crippen LogP contribution in [0.5, 0.6) is 5.75 Å². The summed E-state index contributed by atoms with van der Waals surface area (Å²) in [7, 11) is 1.55. The third-order valence-corrected chi connectivity index (χ3v) is 3.77. The van der Waals surface area contributed by atoms with Crippen molar-refractivity contribution in [3.63, 3.8) is 0 Å². The van der Waals surface area contributed by atoms with E-state index < -0.39 is 17.7 Å². The molecule has 2 aromatic carbocycles. The Hall–Kier alpha value is -2.58. The van der Waals surface area contributed by atoms with Crippen LogP contribution < -0.4 is 4.74 Å². The number of nitrogens with zero attached hydrogens (tertiary/aromatic N) is 1. The summed E-state index contributed by atoms with van der Waals surface area (Å²) in [5, 5.41) is 11.3. The maximum atomic E-state index is 12.1. The van der Waals surface area contributed by atoms with Gasteiger partial charge in [0, 0.05) is 5.56 Å². The number of carbonyl (C=O) groups is 1. The fraction of sp³-hybridized carbons (Fsp3) is 0.294. The smallest absolute Gasteiger partial charge is 0.356 e. The van der Waals surface area contributed by atoms with Gasteiger partial charge in [-0.15, -0.1) is 0 Å². The molecule has 0 radical (unpaired) electrons. The number of carbonyl (C=O) groups excluding carboxylic acids is 1.